The monoisotopic (exact) mass is 388 g/mol. The average molecular weight is 388 g/mol. The fraction of sp³-hybridized carbons (Fsp3) is 0.273. The Bertz CT molecular complexity index is 1050. The minimum atomic E-state index is 0.0462. The molecule has 0 spiro atoms. The van der Waals surface area contributed by atoms with E-state index >= 15 is 0 Å². The van der Waals surface area contributed by atoms with Gasteiger partial charge in [0.25, 0.3) is 5.56 Å². The Labute approximate surface area is 169 Å². The van der Waals surface area contributed by atoms with Crippen molar-refractivity contribution in [1.29, 1.82) is 5.26 Å². The van der Waals surface area contributed by atoms with Crippen LogP contribution in [0.4, 0.5) is 5.69 Å². The zero-order valence-electron chi connectivity index (χ0n) is 16.2. The van der Waals surface area contributed by atoms with E-state index in [1.54, 1.807) is 30.6 Å². The fourth-order valence-corrected chi connectivity index (χ4v) is 3.14. The predicted molar refractivity (Wildman–Crippen MR) is 115 cm³/mol. The molecular weight excluding hydrogens is 364 g/mol. The molecule has 148 valence electrons. The molecule has 0 saturated heterocycles. The van der Waals surface area contributed by atoms with E-state index in [0.29, 0.717) is 12.5 Å². The first kappa shape index (κ1) is 20.1. The van der Waals surface area contributed by atoms with Gasteiger partial charge in [-0.25, -0.2) is 4.99 Å². The summed E-state index contributed by atoms with van der Waals surface area (Å²) in [6, 6.07) is 15.0. The Morgan fingerprint density at radius 2 is 1.83 bits per heavy atom. The molecule has 0 atom stereocenters. The van der Waals surface area contributed by atoms with E-state index in [1.807, 2.05) is 41.1 Å². The third kappa shape index (κ3) is 5.91. The highest BCUT2D eigenvalue weighted by Crippen LogP contribution is 2.12. The first-order chi connectivity index (χ1) is 14.3. The van der Waals surface area contributed by atoms with Gasteiger partial charge in [-0.1, -0.05) is 31.0 Å². The molecule has 7 heteroatoms. The van der Waals surface area contributed by atoms with Gasteiger partial charge in [0.2, 0.25) is 5.96 Å². The summed E-state index contributed by atoms with van der Waals surface area (Å²) in [5, 5.41) is 15.7. The molecule has 0 amide bonds. The number of benzene rings is 1. The SMILES string of the molecule is N#CN/C(=N/c1ccncc1)NCCCCCCn1c(=O)ccc2ccccc21. The number of guanidine groups is 1. The number of aromatic nitrogens is 2. The van der Waals surface area contributed by atoms with Crippen molar-refractivity contribution >= 4 is 22.5 Å². The fourth-order valence-electron chi connectivity index (χ4n) is 3.14. The van der Waals surface area contributed by atoms with Crippen molar-refractivity contribution in [1.82, 2.24) is 20.2 Å². The number of fused-ring (bicyclic) bond motifs is 1. The predicted octanol–water partition coefficient (Wildman–Crippen LogP) is 3.30. The number of pyridine rings is 2. The Morgan fingerprint density at radius 3 is 2.66 bits per heavy atom. The first-order valence-electron chi connectivity index (χ1n) is 9.74. The Hall–Kier alpha value is -3.66. The van der Waals surface area contributed by atoms with E-state index in [9.17, 15) is 4.79 Å². The van der Waals surface area contributed by atoms with Crippen LogP contribution < -0.4 is 16.2 Å². The lowest BCUT2D eigenvalue weighted by atomic mass is 10.1. The highest BCUT2D eigenvalue weighted by atomic mass is 16.1. The molecule has 0 unspecified atom stereocenters. The van der Waals surface area contributed by atoms with Crippen molar-refractivity contribution in [3.63, 3.8) is 0 Å². The second-order valence-corrected chi connectivity index (χ2v) is 6.63. The number of hydrogen-bond donors (Lipinski definition) is 2. The summed E-state index contributed by atoms with van der Waals surface area (Å²) in [5.74, 6) is 0.431. The van der Waals surface area contributed by atoms with Crippen LogP contribution in [0.25, 0.3) is 10.9 Å². The smallest absolute Gasteiger partial charge is 0.251 e. The van der Waals surface area contributed by atoms with Gasteiger partial charge in [-0.05, 0) is 42.5 Å². The lowest BCUT2D eigenvalue weighted by molar-refractivity contribution is 0.568. The summed E-state index contributed by atoms with van der Waals surface area (Å²) in [7, 11) is 0. The maximum Gasteiger partial charge on any atom is 0.251 e. The maximum absolute atomic E-state index is 12.2. The highest BCUT2D eigenvalue weighted by molar-refractivity contribution is 5.83. The highest BCUT2D eigenvalue weighted by Gasteiger charge is 2.02. The standard InChI is InChI=1S/C22H24N6O/c23-17-26-22(27-19-11-14-24-15-12-19)25-13-5-1-2-6-16-28-20-8-4-3-7-18(20)9-10-21(28)29/h3-4,7-12,14-15H,1-2,5-6,13,16H2,(H2,24,25,26,27). The molecule has 0 saturated carbocycles. The third-order valence-electron chi connectivity index (χ3n) is 4.58. The normalized spacial score (nSPS) is 11.2. The van der Waals surface area contributed by atoms with Gasteiger partial charge >= 0.3 is 0 Å². The minimum Gasteiger partial charge on any atom is -0.355 e. The van der Waals surface area contributed by atoms with Gasteiger partial charge in [0.05, 0.1) is 11.2 Å². The van der Waals surface area contributed by atoms with Crippen LogP contribution in [0.15, 0.2) is 70.7 Å². The molecule has 7 nitrogen and oxygen atoms in total. The van der Waals surface area contributed by atoms with E-state index in [1.165, 1.54) is 0 Å². The molecular formula is C22H24N6O. The van der Waals surface area contributed by atoms with Gasteiger partial charge < -0.3 is 9.88 Å². The molecule has 0 fully saturated rings. The van der Waals surface area contributed by atoms with Crippen LogP contribution in [0.3, 0.4) is 0 Å². The first-order valence-corrected chi connectivity index (χ1v) is 9.74. The van der Waals surface area contributed by atoms with Crippen molar-refractivity contribution in [2.75, 3.05) is 6.54 Å². The van der Waals surface area contributed by atoms with Crippen LogP contribution in [0.2, 0.25) is 0 Å². The number of rotatable bonds is 8. The molecule has 2 heterocycles. The van der Waals surface area contributed by atoms with Crippen molar-refractivity contribution in [2.24, 2.45) is 4.99 Å². The Kier molecular flexibility index (Phi) is 7.35. The van der Waals surface area contributed by atoms with Gasteiger partial charge in [-0.2, -0.15) is 5.26 Å². The van der Waals surface area contributed by atoms with Gasteiger partial charge in [0, 0.05) is 31.5 Å². The van der Waals surface area contributed by atoms with Crippen molar-refractivity contribution in [3.05, 3.63) is 71.3 Å². The molecule has 3 aromatic rings. The maximum atomic E-state index is 12.2. The van der Waals surface area contributed by atoms with Crippen molar-refractivity contribution in [2.45, 2.75) is 32.2 Å². The number of para-hydroxylation sites is 1. The van der Waals surface area contributed by atoms with Crippen molar-refractivity contribution < 1.29 is 0 Å². The minimum absolute atomic E-state index is 0.0462. The molecule has 0 aliphatic carbocycles. The van der Waals surface area contributed by atoms with Crippen LogP contribution in [-0.4, -0.2) is 22.1 Å². The van der Waals surface area contributed by atoms with Gasteiger partial charge in [-0.15, -0.1) is 0 Å². The third-order valence-corrected chi connectivity index (χ3v) is 4.58. The van der Waals surface area contributed by atoms with E-state index in [0.717, 1.165) is 48.8 Å². The lowest BCUT2D eigenvalue weighted by Crippen LogP contribution is -2.34. The lowest BCUT2D eigenvalue weighted by Gasteiger charge is -2.10. The van der Waals surface area contributed by atoms with E-state index in [4.69, 9.17) is 5.26 Å². The number of unbranched alkanes of at least 4 members (excludes halogenated alkanes) is 3. The summed E-state index contributed by atoms with van der Waals surface area (Å²) < 4.78 is 1.85. The second-order valence-electron chi connectivity index (χ2n) is 6.63. The molecule has 0 radical (unpaired) electrons. The number of aliphatic imine (C=N–C) groups is 1. The van der Waals surface area contributed by atoms with Gasteiger partial charge in [-0.3, -0.25) is 15.1 Å². The Morgan fingerprint density at radius 1 is 1.03 bits per heavy atom. The molecule has 29 heavy (non-hydrogen) atoms. The zero-order valence-corrected chi connectivity index (χ0v) is 16.2. The van der Waals surface area contributed by atoms with Crippen LogP contribution >= 0.6 is 0 Å². The van der Waals surface area contributed by atoms with Crippen molar-refractivity contribution in [3.8, 4) is 6.19 Å². The average Bonchev–Trinajstić information content (AvgIpc) is 2.75. The quantitative estimate of drug-likeness (QED) is 0.203. The summed E-state index contributed by atoms with van der Waals surface area (Å²) in [5.41, 5.74) is 1.76. The molecule has 0 aliphatic rings. The summed E-state index contributed by atoms with van der Waals surface area (Å²) >= 11 is 0. The number of aryl methyl sites for hydroxylation is 1. The summed E-state index contributed by atoms with van der Waals surface area (Å²) in [4.78, 5) is 20.5. The van der Waals surface area contributed by atoms with Crippen LogP contribution in [0, 0.1) is 11.5 Å². The van der Waals surface area contributed by atoms with E-state index in [-0.39, 0.29) is 5.56 Å². The summed E-state index contributed by atoms with van der Waals surface area (Å²) in [6.45, 7) is 1.44. The number of nitriles is 1. The summed E-state index contributed by atoms with van der Waals surface area (Å²) in [6.07, 6.45) is 9.16. The van der Waals surface area contributed by atoms with E-state index in [2.05, 4.69) is 20.6 Å². The van der Waals surface area contributed by atoms with Gasteiger partial charge in [0.1, 0.15) is 0 Å². The van der Waals surface area contributed by atoms with Gasteiger partial charge in [0.15, 0.2) is 6.19 Å². The molecule has 2 N–H and O–H groups in total. The topological polar surface area (TPSA) is 95.1 Å². The molecule has 0 aliphatic heterocycles. The Balaban J connectivity index is 1.42. The van der Waals surface area contributed by atoms with E-state index < -0.39 is 0 Å². The van der Waals surface area contributed by atoms with Crippen LogP contribution in [0.1, 0.15) is 25.7 Å². The number of nitrogens with zero attached hydrogens (tertiary/aromatic N) is 4. The molecule has 2 aromatic heterocycles. The molecule has 1 aromatic carbocycles. The zero-order chi connectivity index (χ0) is 20.3. The van der Waals surface area contributed by atoms with Crippen LogP contribution in [-0.2, 0) is 6.54 Å². The largest absolute Gasteiger partial charge is 0.355 e. The molecule has 3 rings (SSSR count). The number of nitrogens with one attached hydrogen (secondary N) is 2. The van der Waals surface area contributed by atoms with Crippen LogP contribution in [0.5, 0.6) is 0 Å². The second kappa shape index (κ2) is 10.6. The number of hydrogen-bond acceptors (Lipinski definition) is 4. The molecule has 0 bridgehead atoms.